The average molecular weight is 544 g/mol. The van der Waals surface area contributed by atoms with Crippen LogP contribution in [0.5, 0.6) is 5.88 Å². The van der Waals surface area contributed by atoms with Crippen LogP contribution in [-0.2, 0) is 13.2 Å². The lowest BCUT2D eigenvalue weighted by Crippen LogP contribution is -2.29. The van der Waals surface area contributed by atoms with Crippen molar-refractivity contribution in [1.29, 1.82) is 0 Å². The minimum absolute atomic E-state index is 0. The molecule has 0 spiro atoms. The van der Waals surface area contributed by atoms with E-state index in [1.54, 1.807) is 31.2 Å². The first-order valence-corrected chi connectivity index (χ1v) is 10.5. The van der Waals surface area contributed by atoms with Crippen LogP contribution in [0.25, 0.3) is 0 Å². The highest BCUT2D eigenvalue weighted by molar-refractivity contribution is 9.10. The Morgan fingerprint density at radius 1 is 1.21 bits per heavy atom. The second-order valence-electron chi connectivity index (χ2n) is 6.94. The number of halogens is 4. The predicted octanol–water partition coefficient (Wildman–Crippen LogP) is 3.33. The van der Waals surface area contributed by atoms with Gasteiger partial charge in [0, 0.05) is 30.3 Å². The number of aryl methyl sites for hydroxylation is 1. The standard InChI is InChI=1S/C22H21BrF2N4O3.ClH/c1-13-28-21(32-12-16-6-7-17(24)10-18(16)25)19(23)22(31)29(13)11-14-2-4-15(5-3-14)20(30)27-9-8-26;/h2-7,10H,8-9,11-12,26H2,1H3,(H,27,30);1H. The summed E-state index contributed by atoms with van der Waals surface area (Å²) < 4.78 is 33.9. The van der Waals surface area contributed by atoms with Gasteiger partial charge in [0.1, 0.15) is 28.5 Å². The van der Waals surface area contributed by atoms with Gasteiger partial charge in [-0.25, -0.2) is 8.78 Å². The molecule has 0 atom stereocenters. The number of benzene rings is 2. The van der Waals surface area contributed by atoms with Gasteiger partial charge in [0.15, 0.2) is 0 Å². The summed E-state index contributed by atoms with van der Waals surface area (Å²) in [4.78, 5) is 29.1. The Morgan fingerprint density at radius 2 is 1.91 bits per heavy atom. The molecule has 0 unspecified atom stereocenters. The lowest BCUT2D eigenvalue weighted by molar-refractivity contribution is 0.0954. The fraction of sp³-hybridized carbons (Fsp3) is 0.227. The van der Waals surface area contributed by atoms with Crippen LogP contribution >= 0.6 is 28.3 Å². The predicted molar refractivity (Wildman–Crippen MR) is 126 cm³/mol. The number of ether oxygens (including phenoxy) is 1. The van der Waals surface area contributed by atoms with E-state index in [4.69, 9.17) is 10.5 Å². The Morgan fingerprint density at radius 3 is 2.55 bits per heavy atom. The molecule has 3 N–H and O–H groups in total. The molecule has 7 nitrogen and oxygen atoms in total. The molecule has 33 heavy (non-hydrogen) atoms. The summed E-state index contributed by atoms with van der Waals surface area (Å²) in [5, 5.41) is 2.69. The Kier molecular flexibility index (Phi) is 9.51. The largest absolute Gasteiger partial charge is 0.472 e. The van der Waals surface area contributed by atoms with Crippen molar-refractivity contribution in [3.8, 4) is 5.88 Å². The monoisotopic (exact) mass is 542 g/mol. The molecule has 1 heterocycles. The number of amides is 1. The second kappa shape index (κ2) is 11.9. The van der Waals surface area contributed by atoms with Gasteiger partial charge < -0.3 is 15.8 Å². The molecule has 0 fully saturated rings. The van der Waals surface area contributed by atoms with Crippen LogP contribution in [0, 0.1) is 18.6 Å². The fourth-order valence-corrected chi connectivity index (χ4v) is 3.33. The van der Waals surface area contributed by atoms with E-state index in [1.807, 2.05) is 0 Å². The van der Waals surface area contributed by atoms with Gasteiger partial charge in [-0.05, 0) is 52.7 Å². The normalized spacial score (nSPS) is 10.5. The van der Waals surface area contributed by atoms with Crippen molar-refractivity contribution < 1.29 is 18.3 Å². The minimum atomic E-state index is -0.744. The number of hydrogen-bond donors (Lipinski definition) is 2. The molecule has 3 rings (SSSR count). The van der Waals surface area contributed by atoms with E-state index in [0.717, 1.165) is 17.7 Å². The maximum atomic E-state index is 13.8. The number of rotatable bonds is 8. The quantitative estimate of drug-likeness (QED) is 0.454. The molecule has 0 aliphatic rings. The highest BCUT2D eigenvalue weighted by atomic mass is 79.9. The molecular weight excluding hydrogens is 522 g/mol. The van der Waals surface area contributed by atoms with E-state index >= 15 is 0 Å². The number of carbonyl (C=O) groups is 1. The van der Waals surface area contributed by atoms with Gasteiger partial charge >= 0.3 is 0 Å². The Bertz CT molecular complexity index is 1190. The number of aromatic nitrogens is 2. The van der Waals surface area contributed by atoms with Gasteiger partial charge in [-0.3, -0.25) is 14.2 Å². The van der Waals surface area contributed by atoms with Crippen molar-refractivity contribution in [3.05, 3.63) is 91.4 Å². The van der Waals surface area contributed by atoms with Gasteiger partial charge in [0.25, 0.3) is 11.5 Å². The molecule has 0 saturated heterocycles. The summed E-state index contributed by atoms with van der Waals surface area (Å²) in [6, 6.07) is 9.99. The smallest absolute Gasteiger partial charge is 0.272 e. The first-order chi connectivity index (χ1) is 15.3. The zero-order chi connectivity index (χ0) is 23.3. The summed E-state index contributed by atoms with van der Waals surface area (Å²) in [5.41, 5.74) is 6.42. The molecule has 1 amide bonds. The molecular formula is C22H22BrClF2N4O3. The van der Waals surface area contributed by atoms with Crippen molar-refractivity contribution in [3.63, 3.8) is 0 Å². The van der Waals surface area contributed by atoms with Gasteiger partial charge in [-0.2, -0.15) is 4.98 Å². The molecule has 0 aliphatic carbocycles. The van der Waals surface area contributed by atoms with E-state index in [0.29, 0.717) is 24.5 Å². The summed E-state index contributed by atoms with van der Waals surface area (Å²) in [5.74, 6) is -1.25. The zero-order valence-corrected chi connectivity index (χ0v) is 20.0. The molecule has 0 bridgehead atoms. The summed E-state index contributed by atoms with van der Waals surface area (Å²) in [7, 11) is 0. The zero-order valence-electron chi connectivity index (χ0n) is 17.6. The molecule has 2 aromatic carbocycles. The summed E-state index contributed by atoms with van der Waals surface area (Å²) >= 11 is 3.20. The van der Waals surface area contributed by atoms with Crippen LogP contribution in [0.4, 0.5) is 8.78 Å². The van der Waals surface area contributed by atoms with Crippen LogP contribution in [0.3, 0.4) is 0 Å². The van der Waals surface area contributed by atoms with Gasteiger partial charge in [0.2, 0.25) is 5.88 Å². The van der Waals surface area contributed by atoms with E-state index < -0.39 is 11.6 Å². The second-order valence-corrected chi connectivity index (χ2v) is 7.73. The van der Waals surface area contributed by atoms with Crippen molar-refractivity contribution in [2.45, 2.75) is 20.1 Å². The topological polar surface area (TPSA) is 99.2 Å². The van der Waals surface area contributed by atoms with Crippen molar-refractivity contribution in [1.82, 2.24) is 14.9 Å². The lowest BCUT2D eigenvalue weighted by atomic mass is 10.1. The third kappa shape index (κ3) is 6.59. The van der Waals surface area contributed by atoms with Crippen LogP contribution in [0.2, 0.25) is 0 Å². The van der Waals surface area contributed by atoms with Gasteiger partial charge in [0.05, 0.1) is 6.54 Å². The van der Waals surface area contributed by atoms with Crippen LogP contribution in [-0.4, -0.2) is 28.5 Å². The van der Waals surface area contributed by atoms with Crippen LogP contribution in [0.15, 0.2) is 51.7 Å². The maximum Gasteiger partial charge on any atom is 0.272 e. The minimum Gasteiger partial charge on any atom is -0.472 e. The van der Waals surface area contributed by atoms with E-state index in [2.05, 4.69) is 26.2 Å². The average Bonchev–Trinajstić information content (AvgIpc) is 2.78. The van der Waals surface area contributed by atoms with Crippen molar-refractivity contribution in [2.75, 3.05) is 13.1 Å². The van der Waals surface area contributed by atoms with Crippen LogP contribution < -0.4 is 21.3 Å². The van der Waals surface area contributed by atoms with Crippen molar-refractivity contribution >= 4 is 34.2 Å². The Hall–Kier alpha value is -2.82. The van der Waals surface area contributed by atoms with E-state index in [1.165, 1.54) is 10.6 Å². The number of nitrogens with zero attached hydrogens (tertiary/aromatic N) is 2. The van der Waals surface area contributed by atoms with Gasteiger partial charge in [-0.1, -0.05) is 12.1 Å². The first kappa shape index (κ1) is 26.4. The maximum absolute atomic E-state index is 13.8. The van der Waals surface area contributed by atoms with E-state index in [-0.39, 0.29) is 52.9 Å². The summed E-state index contributed by atoms with van der Waals surface area (Å²) in [6.07, 6.45) is 0. The van der Waals surface area contributed by atoms with E-state index in [9.17, 15) is 18.4 Å². The molecule has 1 aromatic heterocycles. The highest BCUT2D eigenvalue weighted by Gasteiger charge is 2.15. The number of nitrogens with two attached hydrogens (primary N) is 1. The molecule has 176 valence electrons. The Balaban J connectivity index is 0.00000385. The van der Waals surface area contributed by atoms with Gasteiger partial charge in [-0.15, -0.1) is 12.4 Å². The van der Waals surface area contributed by atoms with Crippen molar-refractivity contribution in [2.24, 2.45) is 5.73 Å². The number of carbonyl (C=O) groups excluding carboxylic acids is 1. The molecule has 0 radical (unpaired) electrons. The molecule has 0 aliphatic heterocycles. The third-order valence-electron chi connectivity index (χ3n) is 4.64. The SMILES string of the molecule is Cc1nc(OCc2ccc(F)cc2F)c(Br)c(=O)n1Cc1ccc(C(=O)NCCN)cc1.Cl. The molecule has 0 saturated carbocycles. The summed E-state index contributed by atoms with van der Waals surface area (Å²) in [6.45, 7) is 2.40. The fourth-order valence-electron chi connectivity index (χ4n) is 2.91. The third-order valence-corrected chi connectivity index (χ3v) is 5.32. The Labute approximate surface area is 203 Å². The molecule has 3 aromatic rings. The first-order valence-electron chi connectivity index (χ1n) is 9.71. The lowest BCUT2D eigenvalue weighted by Gasteiger charge is -2.14. The number of nitrogens with one attached hydrogen (secondary N) is 1. The molecule has 11 heteroatoms. The highest BCUT2D eigenvalue weighted by Crippen LogP contribution is 2.21. The van der Waals surface area contributed by atoms with Crippen LogP contribution in [0.1, 0.15) is 27.3 Å². The number of hydrogen-bond acceptors (Lipinski definition) is 5.